The fourth-order valence-electron chi connectivity index (χ4n) is 2.32. The summed E-state index contributed by atoms with van der Waals surface area (Å²) in [5.41, 5.74) is 5.48. The van der Waals surface area contributed by atoms with Gasteiger partial charge in [-0.2, -0.15) is 13.2 Å². The lowest BCUT2D eigenvalue weighted by molar-refractivity contribution is -0.137. The number of nitrogen functional groups attached to an aromatic ring is 1. The van der Waals surface area contributed by atoms with Crippen LogP contribution in [0.15, 0.2) is 42.0 Å². The lowest BCUT2D eigenvalue weighted by Crippen LogP contribution is -2.11. The van der Waals surface area contributed by atoms with Crippen molar-refractivity contribution in [3.63, 3.8) is 0 Å². The maximum Gasteiger partial charge on any atom is 0.416 e. The van der Waals surface area contributed by atoms with Crippen LogP contribution < -0.4 is 16.4 Å². The molecule has 3 aromatic rings. The number of halogens is 4. The molecule has 0 aliphatic heterocycles. The first-order valence-electron chi connectivity index (χ1n) is 7.85. The second-order valence-corrected chi connectivity index (χ2v) is 7.00. The van der Waals surface area contributed by atoms with E-state index in [1.807, 2.05) is 17.5 Å². The molecule has 0 bridgehead atoms. The van der Waals surface area contributed by atoms with E-state index in [1.54, 1.807) is 11.3 Å². The quantitative estimate of drug-likeness (QED) is 0.518. The van der Waals surface area contributed by atoms with Crippen LogP contribution in [-0.2, 0) is 12.6 Å². The van der Waals surface area contributed by atoms with Crippen molar-refractivity contribution in [1.29, 1.82) is 0 Å². The molecular formula is C17H15ClF3N5S. The molecule has 0 aliphatic rings. The average Bonchev–Trinajstić information content (AvgIpc) is 3.12. The summed E-state index contributed by atoms with van der Waals surface area (Å²) >= 11 is 7.65. The summed E-state index contributed by atoms with van der Waals surface area (Å²) in [6.07, 6.45) is -2.41. The number of aromatic nitrogens is 2. The van der Waals surface area contributed by atoms with Crippen molar-refractivity contribution >= 4 is 45.9 Å². The van der Waals surface area contributed by atoms with E-state index in [1.165, 1.54) is 17.3 Å². The number of nitrogens with one attached hydrogen (secondary N) is 2. The number of nitrogens with zero attached hydrogens (tertiary/aromatic N) is 2. The van der Waals surface area contributed by atoms with Crippen LogP contribution in [0.4, 0.5) is 36.2 Å². The van der Waals surface area contributed by atoms with Crippen LogP contribution in [-0.4, -0.2) is 16.5 Å². The highest BCUT2D eigenvalue weighted by atomic mass is 35.5. The minimum Gasteiger partial charge on any atom is -0.393 e. The molecule has 0 saturated carbocycles. The Hall–Kier alpha value is -2.52. The highest BCUT2D eigenvalue weighted by Gasteiger charge is 2.31. The Morgan fingerprint density at radius 1 is 1.15 bits per heavy atom. The predicted octanol–water partition coefficient (Wildman–Crippen LogP) is 5.19. The zero-order valence-corrected chi connectivity index (χ0v) is 15.4. The molecule has 0 amide bonds. The second kappa shape index (κ2) is 8.01. The molecule has 0 spiro atoms. The van der Waals surface area contributed by atoms with Gasteiger partial charge in [0.1, 0.15) is 12.0 Å². The van der Waals surface area contributed by atoms with Crippen molar-refractivity contribution in [2.24, 2.45) is 0 Å². The molecule has 5 nitrogen and oxygen atoms in total. The monoisotopic (exact) mass is 413 g/mol. The molecule has 3 rings (SSSR count). The third-order valence-electron chi connectivity index (χ3n) is 3.67. The summed E-state index contributed by atoms with van der Waals surface area (Å²) in [4.78, 5) is 9.29. The van der Waals surface area contributed by atoms with Crippen LogP contribution >= 0.6 is 22.9 Å². The molecule has 0 aliphatic carbocycles. The maximum atomic E-state index is 12.9. The zero-order chi connectivity index (χ0) is 19.4. The third-order valence-corrected chi connectivity index (χ3v) is 4.94. The minimum atomic E-state index is -4.48. The van der Waals surface area contributed by atoms with Gasteiger partial charge in [0.2, 0.25) is 0 Å². The van der Waals surface area contributed by atoms with E-state index in [2.05, 4.69) is 20.6 Å². The Balaban J connectivity index is 1.76. The summed E-state index contributed by atoms with van der Waals surface area (Å²) in [6, 6.07) is 6.99. The molecule has 1 aromatic carbocycles. The summed E-state index contributed by atoms with van der Waals surface area (Å²) in [5, 5.41) is 7.97. The molecule has 10 heteroatoms. The number of hydrogen-bond acceptors (Lipinski definition) is 6. The zero-order valence-electron chi connectivity index (χ0n) is 13.8. The first kappa shape index (κ1) is 19.2. The first-order valence-corrected chi connectivity index (χ1v) is 9.11. The number of hydrogen-bond donors (Lipinski definition) is 3. The van der Waals surface area contributed by atoms with Crippen molar-refractivity contribution in [1.82, 2.24) is 9.97 Å². The molecule has 0 radical (unpaired) electrons. The van der Waals surface area contributed by atoms with Crippen molar-refractivity contribution in [3.05, 3.63) is 57.5 Å². The van der Waals surface area contributed by atoms with Gasteiger partial charge in [0, 0.05) is 11.4 Å². The van der Waals surface area contributed by atoms with Gasteiger partial charge in [-0.15, -0.1) is 11.3 Å². The van der Waals surface area contributed by atoms with Crippen LogP contribution in [0.5, 0.6) is 0 Å². The Morgan fingerprint density at radius 2 is 1.93 bits per heavy atom. The smallest absolute Gasteiger partial charge is 0.393 e. The van der Waals surface area contributed by atoms with Crippen LogP contribution in [0.3, 0.4) is 0 Å². The summed E-state index contributed by atoms with van der Waals surface area (Å²) < 4.78 is 38.7. The highest BCUT2D eigenvalue weighted by molar-refractivity contribution is 7.09. The largest absolute Gasteiger partial charge is 0.416 e. The fourth-order valence-corrected chi connectivity index (χ4v) is 3.19. The van der Waals surface area contributed by atoms with Crippen LogP contribution in [0.25, 0.3) is 0 Å². The van der Waals surface area contributed by atoms with E-state index in [-0.39, 0.29) is 22.2 Å². The van der Waals surface area contributed by atoms with E-state index in [0.717, 1.165) is 18.6 Å². The van der Waals surface area contributed by atoms with E-state index < -0.39 is 11.7 Å². The number of rotatable bonds is 6. The van der Waals surface area contributed by atoms with Gasteiger partial charge >= 0.3 is 6.18 Å². The topological polar surface area (TPSA) is 75.9 Å². The SMILES string of the molecule is Nc1c(NCCc2cccs2)ncnc1Nc1cc(C(F)(F)F)ccc1Cl. The van der Waals surface area contributed by atoms with Gasteiger partial charge in [0.15, 0.2) is 11.6 Å². The van der Waals surface area contributed by atoms with Gasteiger partial charge in [0.05, 0.1) is 16.3 Å². The molecule has 2 aromatic heterocycles. The number of anilines is 4. The van der Waals surface area contributed by atoms with Crippen molar-refractivity contribution in [2.75, 3.05) is 22.9 Å². The summed E-state index contributed by atoms with van der Waals surface area (Å²) in [6.45, 7) is 0.603. The number of alkyl halides is 3. The molecule has 0 atom stereocenters. The van der Waals surface area contributed by atoms with E-state index in [0.29, 0.717) is 12.4 Å². The third kappa shape index (κ3) is 4.81. The number of thiophene rings is 1. The fraction of sp³-hybridized carbons (Fsp3) is 0.176. The predicted molar refractivity (Wildman–Crippen MR) is 103 cm³/mol. The molecule has 27 heavy (non-hydrogen) atoms. The van der Waals surface area contributed by atoms with Gasteiger partial charge in [-0.05, 0) is 36.1 Å². The van der Waals surface area contributed by atoms with E-state index in [9.17, 15) is 13.2 Å². The molecular weight excluding hydrogens is 399 g/mol. The van der Waals surface area contributed by atoms with Crippen molar-refractivity contribution in [3.8, 4) is 0 Å². The first-order chi connectivity index (χ1) is 12.8. The second-order valence-electron chi connectivity index (χ2n) is 5.56. The molecule has 4 N–H and O–H groups in total. The highest BCUT2D eigenvalue weighted by Crippen LogP contribution is 2.36. The number of nitrogens with two attached hydrogens (primary N) is 1. The van der Waals surface area contributed by atoms with Crippen LogP contribution in [0.1, 0.15) is 10.4 Å². The van der Waals surface area contributed by atoms with E-state index >= 15 is 0 Å². The van der Waals surface area contributed by atoms with E-state index in [4.69, 9.17) is 17.3 Å². The number of benzene rings is 1. The lowest BCUT2D eigenvalue weighted by Gasteiger charge is -2.15. The Kier molecular flexibility index (Phi) is 5.71. The van der Waals surface area contributed by atoms with Gasteiger partial charge in [-0.25, -0.2) is 9.97 Å². The Labute approximate surface area is 162 Å². The maximum absolute atomic E-state index is 12.9. The summed E-state index contributed by atoms with van der Waals surface area (Å²) in [5.74, 6) is 0.567. The Morgan fingerprint density at radius 3 is 2.63 bits per heavy atom. The molecule has 0 fully saturated rings. The molecule has 2 heterocycles. The average molecular weight is 414 g/mol. The van der Waals surface area contributed by atoms with Gasteiger partial charge in [-0.1, -0.05) is 17.7 Å². The molecule has 142 valence electrons. The van der Waals surface area contributed by atoms with Gasteiger partial charge in [-0.3, -0.25) is 0 Å². The molecule has 0 saturated heterocycles. The van der Waals surface area contributed by atoms with Gasteiger partial charge < -0.3 is 16.4 Å². The summed E-state index contributed by atoms with van der Waals surface area (Å²) in [7, 11) is 0. The standard InChI is InChI=1S/C17H15ClF3N5S/c18-12-4-3-10(17(19,20)21)8-13(12)26-16-14(22)15(24-9-25-16)23-6-5-11-2-1-7-27-11/h1-4,7-9H,5-6,22H2,(H2,23,24,25,26). The van der Waals surface area contributed by atoms with Crippen LogP contribution in [0.2, 0.25) is 5.02 Å². The lowest BCUT2D eigenvalue weighted by atomic mass is 10.2. The van der Waals surface area contributed by atoms with Crippen LogP contribution in [0, 0.1) is 0 Å². The minimum absolute atomic E-state index is 0.0569. The molecule has 0 unspecified atom stereocenters. The normalized spacial score (nSPS) is 11.4. The van der Waals surface area contributed by atoms with Crippen molar-refractivity contribution in [2.45, 2.75) is 12.6 Å². The Bertz CT molecular complexity index is 915. The van der Waals surface area contributed by atoms with Crippen molar-refractivity contribution < 1.29 is 13.2 Å². The van der Waals surface area contributed by atoms with Gasteiger partial charge in [0.25, 0.3) is 0 Å².